The first-order chi connectivity index (χ1) is 11.5. The quantitative estimate of drug-likeness (QED) is 0.699. The molecule has 4 nitrogen and oxygen atoms in total. The largest absolute Gasteiger partial charge is 0.339 e. The Balaban J connectivity index is 1.95. The Labute approximate surface area is 144 Å². The fourth-order valence-corrected chi connectivity index (χ4v) is 3.88. The number of thiophene rings is 1. The molecule has 126 valence electrons. The van der Waals surface area contributed by atoms with Crippen LogP contribution >= 0.6 is 11.3 Å². The highest BCUT2D eigenvalue weighted by atomic mass is 32.1. The van der Waals surface area contributed by atoms with Gasteiger partial charge < -0.3 is 4.90 Å². The molecular formula is C18H20FN3OS. The highest BCUT2D eigenvalue weighted by Crippen LogP contribution is 2.29. The molecule has 0 aliphatic rings. The van der Waals surface area contributed by atoms with Gasteiger partial charge in [0.2, 0.25) is 0 Å². The molecule has 24 heavy (non-hydrogen) atoms. The van der Waals surface area contributed by atoms with Crippen LogP contribution in [0.1, 0.15) is 34.8 Å². The van der Waals surface area contributed by atoms with Gasteiger partial charge in [-0.05, 0) is 44.5 Å². The molecular weight excluding hydrogens is 325 g/mol. The van der Waals surface area contributed by atoms with Gasteiger partial charge >= 0.3 is 0 Å². The molecule has 0 atom stereocenters. The highest BCUT2D eigenvalue weighted by molar-refractivity contribution is 7.20. The number of halogens is 1. The van der Waals surface area contributed by atoms with E-state index in [1.54, 1.807) is 12.1 Å². The highest BCUT2D eigenvalue weighted by Gasteiger charge is 2.19. The SMILES string of the molecule is CCN(CC)C(=O)c1cc2c(C)nn(Cc3ccc(F)cc3)c2s1. The third-order valence-electron chi connectivity index (χ3n) is 4.11. The van der Waals surface area contributed by atoms with E-state index in [4.69, 9.17) is 0 Å². The molecule has 0 aliphatic heterocycles. The van der Waals surface area contributed by atoms with Gasteiger partial charge in [-0.1, -0.05) is 12.1 Å². The van der Waals surface area contributed by atoms with Crippen LogP contribution in [0.3, 0.4) is 0 Å². The summed E-state index contributed by atoms with van der Waals surface area (Å²) in [5.74, 6) is -0.183. The van der Waals surface area contributed by atoms with E-state index in [1.165, 1.54) is 23.5 Å². The topological polar surface area (TPSA) is 38.1 Å². The van der Waals surface area contributed by atoms with Gasteiger partial charge in [0.1, 0.15) is 10.6 Å². The van der Waals surface area contributed by atoms with Gasteiger partial charge in [0.05, 0.1) is 17.1 Å². The molecule has 0 bridgehead atoms. The number of aryl methyl sites for hydroxylation is 1. The van der Waals surface area contributed by atoms with E-state index in [-0.39, 0.29) is 11.7 Å². The molecule has 3 rings (SSSR count). The van der Waals surface area contributed by atoms with Crippen molar-refractivity contribution in [3.63, 3.8) is 0 Å². The number of amides is 1. The fraction of sp³-hybridized carbons (Fsp3) is 0.333. The maximum absolute atomic E-state index is 13.1. The average Bonchev–Trinajstić information content (AvgIpc) is 3.13. The van der Waals surface area contributed by atoms with Crippen molar-refractivity contribution in [3.05, 3.63) is 52.3 Å². The standard InChI is InChI=1S/C18H20FN3OS/c1-4-21(5-2)17(23)16-10-15-12(3)20-22(18(15)24-16)11-13-6-8-14(19)9-7-13/h6-10H,4-5,11H2,1-3H3. The van der Waals surface area contributed by atoms with Gasteiger partial charge in [-0.15, -0.1) is 11.3 Å². The minimum Gasteiger partial charge on any atom is -0.339 e. The van der Waals surface area contributed by atoms with Crippen molar-refractivity contribution in [2.75, 3.05) is 13.1 Å². The van der Waals surface area contributed by atoms with Gasteiger partial charge in [-0.25, -0.2) is 4.39 Å². The molecule has 6 heteroatoms. The van der Waals surface area contributed by atoms with Crippen LogP contribution in [0.25, 0.3) is 10.2 Å². The fourth-order valence-electron chi connectivity index (χ4n) is 2.75. The zero-order valence-corrected chi connectivity index (χ0v) is 14.9. The molecule has 0 spiro atoms. The Bertz CT molecular complexity index is 862. The summed E-state index contributed by atoms with van der Waals surface area (Å²) in [6.07, 6.45) is 0. The molecule has 0 fully saturated rings. The van der Waals surface area contributed by atoms with E-state index in [0.717, 1.165) is 26.4 Å². The lowest BCUT2D eigenvalue weighted by molar-refractivity contribution is 0.0778. The molecule has 0 unspecified atom stereocenters. The Kier molecular flexibility index (Phi) is 4.66. The second kappa shape index (κ2) is 6.73. The normalized spacial score (nSPS) is 11.2. The van der Waals surface area contributed by atoms with Crippen LogP contribution in [0.15, 0.2) is 30.3 Å². The molecule has 0 N–H and O–H groups in total. The van der Waals surface area contributed by atoms with Gasteiger partial charge in [0.25, 0.3) is 5.91 Å². The van der Waals surface area contributed by atoms with Crippen LogP contribution in [0, 0.1) is 12.7 Å². The number of hydrogen-bond acceptors (Lipinski definition) is 3. The summed E-state index contributed by atoms with van der Waals surface area (Å²) in [5, 5.41) is 5.57. The lowest BCUT2D eigenvalue weighted by Gasteiger charge is -2.17. The summed E-state index contributed by atoms with van der Waals surface area (Å²) in [7, 11) is 0. The molecule has 3 aromatic rings. The number of nitrogens with zero attached hydrogens (tertiary/aromatic N) is 3. The molecule has 1 aromatic carbocycles. The van der Waals surface area contributed by atoms with Gasteiger partial charge in [0.15, 0.2) is 0 Å². The Hall–Kier alpha value is -2.21. The van der Waals surface area contributed by atoms with E-state index >= 15 is 0 Å². The second-order valence-electron chi connectivity index (χ2n) is 5.68. The van der Waals surface area contributed by atoms with Crippen molar-refractivity contribution in [2.24, 2.45) is 0 Å². The van der Waals surface area contributed by atoms with Gasteiger partial charge in [0, 0.05) is 18.5 Å². The molecule has 0 saturated carbocycles. The molecule has 2 heterocycles. The predicted molar refractivity (Wildman–Crippen MR) is 95.1 cm³/mol. The minimum absolute atomic E-state index is 0.0638. The van der Waals surface area contributed by atoms with E-state index < -0.39 is 0 Å². The maximum atomic E-state index is 13.1. The third kappa shape index (κ3) is 3.06. The summed E-state index contributed by atoms with van der Waals surface area (Å²) < 4.78 is 14.9. The Morgan fingerprint density at radius 1 is 1.25 bits per heavy atom. The molecule has 2 aromatic heterocycles. The smallest absolute Gasteiger partial charge is 0.264 e. The lowest BCUT2D eigenvalue weighted by Crippen LogP contribution is -2.29. The summed E-state index contributed by atoms with van der Waals surface area (Å²) in [6, 6.07) is 8.35. The number of hydrogen-bond donors (Lipinski definition) is 0. The monoisotopic (exact) mass is 345 g/mol. The van der Waals surface area contributed by atoms with E-state index in [9.17, 15) is 9.18 Å². The van der Waals surface area contributed by atoms with Crippen LogP contribution in [0.2, 0.25) is 0 Å². The predicted octanol–water partition coefficient (Wildman–Crippen LogP) is 4.08. The average molecular weight is 345 g/mol. The van der Waals surface area contributed by atoms with Crippen LogP contribution in [0.4, 0.5) is 4.39 Å². The number of carbonyl (C=O) groups excluding carboxylic acids is 1. The van der Waals surface area contributed by atoms with Crippen LogP contribution in [-0.4, -0.2) is 33.7 Å². The van der Waals surface area contributed by atoms with Crippen molar-refractivity contribution in [2.45, 2.75) is 27.3 Å². The number of benzene rings is 1. The van der Waals surface area contributed by atoms with E-state index in [1.807, 2.05) is 36.4 Å². The van der Waals surface area contributed by atoms with Crippen LogP contribution in [0.5, 0.6) is 0 Å². The Morgan fingerprint density at radius 2 is 1.92 bits per heavy atom. The number of carbonyl (C=O) groups is 1. The molecule has 0 radical (unpaired) electrons. The third-order valence-corrected chi connectivity index (χ3v) is 5.25. The first kappa shape index (κ1) is 16.6. The first-order valence-electron chi connectivity index (χ1n) is 8.04. The zero-order valence-electron chi connectivity index (χ0n) is 14.0. The molecule has 0 saturated heterocycles. The van der Waals surface area contributed by atoms with Crippen molar-refractivity contribution in [3.8, 4) is 0 Å². The molecule has 1 amide bonds. The number of fused-ring (bicyclic) bond motifs is 1. The van der Waals surface area contributed by atoms with Crippen LogP contribution in [-0.2, 0) is 6.54 Å². The number of rotatable bonds is 5. The van der Waals surface area contributed by atoms with Crippen molar-refractivity contribution in [1.82, 2.24) is 14.7 Å². The zero-order chi connectivity index (χ0) is 17.3. The summed E-state index contributed by atoms with van der Waals surface area (Å²) in [5.41, 5.74) is 1.88. The summed E-state index contributed by atoms with van der Waals surface area (Å²) >= 11 is 1.47. The minimum atomic E-state index is -0.247. The lowest BCUT2D eigenvalue weighted by atomic mass is 10.2. The van der Waals surface area contributed by atoms with Crippen molar-refractivity contribution in [1.29, 1.82) is 0 Å². The maximum Gasteiger partial charge on any atom is 0.264 e. The number of aromatic nitrogens is 2. The first-order valence-corrected chi connectivity index (χ1v) is 8.85. The van der Waals surface area contributed by atoms with E-state index in [2.05, 4.69) is 5.10 Å². The second-order valence-corrected chi connectivity index (χ2v) is 6.71. The van der Waals surface area contributed by atoms with Gasteiger partial charge in [-0.3, -0.25) is 9.48 Å². The van der Waals surface area contributed by atoms with Crippen molar-refractivity contribution >= 4 is 27.5 Å². The van der Waals surface area contributed by atoms with Crippen molar-refractivity contribution < 1.29 is 9.18 Å². The summed E-state index contributed by atoms with van der Waals surface area (Å²) in [4.78, 5) is 16.1. The van der Waals surface area contributed by atoms with Gasteiger partial charge in [-0.2, -0.15) is 5.10 Å². The summed E-state index contributed by atoms with van der Waals surface area (Å²) in [6.45, 7) is 7.87. The molecule has 0 aliphatic carbocycles. The van der Waals surface area contributed by atoms with Crippen LogP contribution < -0.4 is 0 Å². The Morgan fingerprint density at radius 3 is 2.54 bits per heavy atom. The van der Waals surface area contributed by atoms with E-state index in [0.29, 0.717) is 19.6 Å².